The molecule has 0 saturated carbocycles. The van der Waals surface area contributed by atoms with Crippen LogP contribution in [0.2, 0.25) is 0 Å². The van der Waals surface area contributed by atoms with Gasteiger partial charge in [-0.3, -0.25) is 9.69 Å². The number of hydrogen-bond donors (Lipinski definition) is 0. The lowest BCUT2D eigenvalue weighted by Crippen LogP contribution is -2.57. The van der Waals surface area contributed by atoms with E-state index in [0.29, 0.717) is 44.4 Å². The van der Waals surface area contributed by atoms with Crippen LogP contribution in [0, 0.1) is 13.5 Å². The van der Waals surface area contributed by atoms with Crippen LogP contribution >= 0.6 is 40.5 Å². The minimum atomic E-state index is -1.00. The van der Waals surface area contributed by atoms with Gasteiger partial charge < -0.3 is 29.0 Å². The zero-order valence-corrected chi connectivity index (χ0v) is 30.8. The Morgan fingerprint density at radius 1 is 1.10 bits per heavy atom. The number of aryl methyl sites for hydroxylation is 1. The van der Waals surface area contributed by atoms with Crippen LogP contribution in [-0.4, -0.2) is 103 Å². The van der Waals surface area contributed by atoms with Gasteiger partial charge in [-0.2, -0.15) is 50.5 Å². The molecule has 1 amide bonds. The molecule has 10 nitrogen and oxygen atoms in total. The molecule has 0 aliphatic carbocycles. The highest BCUT2D eigenvalue weighted by atomic mass is 32.1. The van der Waals surface area contributed by atoms with E-state index in [1.165, 1.54) is 26.9 Å². The van der Waals surface area contributed by atoms with Crippen molar-refractivity contribution in [3.63, 3.8) is 0 Å². The second-order valence-corrected chi connectivity index (χ2v) is 12.8. The van der Waals surface area contributed by atoms with Gasteiger partial charge in [0.1, 0.15) is 11.9 Å². The smallest absolute Gasteiger partial charge is 0.318 e. The minimum Gasteiger partial charge on any atom is -0.463 e. The number of nitrogens with zero attached hydrogens (tertiary/aromatic N) is 7. The maximum atomic E-state index is 13.9. The molecule has 14 heteroatoms. The molecule has 3 saturated heterocycles. The van der Waals surface area contributed by atoms with Crippen LogP contribution in [0.3, 0.4) is 0 Å². The van der Waals surface area contributed by atoms with Crippen molar-refractivity contribution in [3.05, 3.63) is 77.0 Å². The topological polar surface area (TPSA) is 78.6 Å². The second kappa shape index (κ2) is 16.7. The molecule has 4 aliphatic heterocycles. The summed E-state index contributed by atoms with van der Waals surface area (Å²) < 4.78 is 25.8. The van der Waals surface area contributed by atoms with Gasteiger partial charge in [-0.1, -0.05) is 36.9 Å². The number of aromatic nitrogens is 2. The van der Waals surface area contributed by atoms with E-state index in [1.807, 2.05) is 0 Å². The summed E-state index contributed by atoms with van der Waals surface area (Å²) in [7, 11) is 0. The Kier molecular flexibility index (Phi) is 13.1. The van der Waals surface area contributed by atoms with E-state index in [1.54, 1.807) is 0 Å². The largest absolute Gasteiger partial charge is 0.463 e. The van der Waals surface area contributed by atoms with Crippen molar-refractivity contribution in [2.75, 3.05) is 68.8 Å². The molecule has 2 bridgehead atoms. The van der Waals surface area contributed by atoms with Gasteiger partial charge >= 0.3 is 6.01 Å². The van der Waals surface area contributed by atoms with Crippen LogP contribution in [0.15, 0.2) is 48.8 Å². The van der Waals surface area contributed by atoms with Crippen LogP contribution in [0.1, 0.15) is 29.7 Å². The highest BCUT2D eigenvalue weighted by molar-refractivity contribution is 7.59. The fraction of sp³-hybridized carbons (Fsp3) is 0.486. The molecule has 7 rings (SSSR count). The Labute approximate surface area is 308 Å². The summed E-state index contributed by atoms with van der Waals surface area (Å²) in [4.78, 5) is 34.4. The third-order valence-corrected chi connectivity index (χ3v) is 9.87. The first-order valence-corrected chi connectivity index (χ1v) is 16.2. The first-order valence-electron chi connectivity index (χ1n) is 16.2. The van der Waals surface area contributed by atoms with Gasteiger partial charge in [0.05, 0.1) is 31.6 Å². The number of likely N-dealkylation sites (tertiary alicyclic amines) is 1. The number of hydrogen-bond acceptors (Lipinski definition) is 8. The lowest BCUT2D eigenvalue weighted by atomic mass is 9.99. The predicted molar refractivity (Wildman–Crippen MR) is 206 cm³/mol. The van der Waals surface area contributed by atoms with E-state index in [4.69, 9.17) is 26.0 Å². The van der Waals surface area contributed by atoms with E-state index in [-0.39, 0.29) is 53.6 Å². The summed E-state index contributed by atoms with van der Waals surface area (Å²) in [6.45, 7) is 18.7. The van der Waals surface area contributed by atoms with E-state index in [9.17, 15) is 9.18 Å². The Balaban J connectivity index is 0.00000180. The number of fused-ring (bicyclic) bond motifs is 4. The van der Waals surface area contributed by atoms with E-state index < -0.39 is 17.8 Å². The highest BCUT2D eigenvalue weighted by Crippen LogP contribution is 2.36. The first kappa shape index (κ1) is 38.6. The van der Waals surface area contributed by atoms with Gasteiger partial charge in [0.25, 0.3) is 5.91 Å². The second-order valence-electron chi connectivity index (χ2n) is 12.8. The van der Waals surface area contributed by atoms with Crippen LogP contribution in [0.25, 0.3) is 15.6 Å². The molecule has 0 N–H and O–H groups in total. The summed E-state index contributed by atoms with van der Waals surface area (Å²) in [5.41, 5.74) is 4.40. The molecule has 3 fully saturated rings. The number of carbonyl (C=O) groups is 1. The number of morpholine rings is 1. The van der Waals surface area contributed by atoms with Gasteiger partial charge in [-0.15, -0.1) is 0 Å². The first-order chi connectivity index (χ1) is 22.4. The molecule has 1 aromatic heterocycles. The molecule has 49 heavy (non-hydrogen) atoms. The number of benzene rings is 2. The number of piperazine rings is 1. The Bertz CT molecular complexity index is 1700. The number of carbonyl (C=O) groups excluding carboxylic acids is 1. The van der Waals surface area contributed by atoms with Crippen molar-refractivity contribution in [3.8, 4) is 6.01 Å². The van der Waals surface area contributed by atoms with Crippen LogP contribution in [0.4, 0.5) is 15.9 Å². The number of ether oxygens (including phenoxy) is 2. The lowest BCUT2D eigenvalue weighted by molar-refractivity contribution is -0.131. The number of anilines is 2. The number of amides is 1. The average Bonchev–Trinajstić information content (AvgIpc) is 3.70. The van der Waals surface area contributed by atoms with Gasteiger partial charge in [-0.25, -0.2) is 11.0 Å². The van der Waals surface area contributed by atoms with E-state index in [2.05, 4.69) is 69.4 Å². The maximum absolute atomic E-state index is 13.9. The summed E-state index contributed by atoms with van der Waals surface area (Å²) in [5, 5.41) is 2.46. The van der Waals surface area contributed by atoms with Gasteiger partial charge in [0, 0.05) is 61.9 Å². The van der Waals surface area contributed by atoms with Crippen molar-refractivity contribution in [1.82, 2.24) is 19.8 Å². The molecule has 4 aliphatic rings. The molecule has 0 unspecified atom stereocenters. The normalized spacial score (nSPS) is 21.2. The van der Waals surface area contributed by atoms with Gasteiger partial charge in [0.2, 0.25) is 6.54 Å². The third-order valence-electron chi connectivity index (χ3n) is 9.87. The predicted octanol–water partition coefficient (Wildman–Crippen LogP) is 4.50. The molecule has 0 spiro atoms. The summed E-state index contributed by atoms with van der Waals surface area (Å²) >= 11 is 0. The van der Waals surface area contributed by atoms with Gasteiger partial charge in [-0.05, 0) is 43.2 Å². The maximum Gasteiger partial charge on any atom is 0.318 e. The van der Waals surface area contributed by atoms with Crippen molar-refractivity contribution in [2.24, 2.45) is 0 Å². The van der Waals surface area contributed by atoms with E-state index >= 15 is 0 Å². The van der Waals surface area contributed by atoms with Crippen LogP contribution in [-0.2, 0) is 22.5 Å². The van der Waals surface area contributed by atoms with Gasteiger partial charge in [0.15, 0.2) is 5.83 Å². The van der Waals surface area contributed by atoms with Crippen LogP contribution in [0.5, 0.6) is 6.01 Å². The highest BCUT2D eigenvalue weighted by Gasteiger charge is 2.39. The molecule has 2 aromatic carbocycles. The van der Waals surface area contributed by atoms with Crippen molar-refractivity contribution < 1.29 is 18.7 Å². The quantitative estimate of drug-likeness (QED) is 0.181. The van der Waals surface area contributed by atoms with Crippen molar-refractivity contribution >= 4 is 68.7 Å². The Hall–Kier alpha value is -3.22. The number of rotatable bonds is 9. The zero-order chi connectivity index (χ0) is 31.8. The molecule has 3 atom stereocenters. The van der Waals surface area contributed by atoms with Crippen molar-refractivity contribution in [2.45, 2.75) is 50.9 Å². The summed E-state index contributed by atoms with van der Waals surface area (Å²) in [6, 6.07) is 13.2. The Morgan fingerprint density at radius 3 is 2.61 bits per heavy atom. The average molecular weight is 728 g/mol. The third kappa shape index (κ3) is 7.91. The summed E-state index contributed by atoms with van der Waals surface area (Å²) in [5.74, 6) is -0.971. The van der Waals surface area contributed by atoms with Crippen LogP contribution < -0.4 is 14.5 Å². The fourth-order valence-electron chi connectivity index (χ4n) is 7.61. The minimum absolute atomic E-state index is 0. The summed E-state index contributed by atoms with van der Waals surface area (Å²) in [6.07, 6.45) is 3.09. The molecular weight excluding hydrogens is 682 g/mol. The fourth-order valence-corrected chi connectivity index (χ4v) is 7.61. The molecule has 5 heterocycles. The van der Waals surface area contributed by atoms with E-state index in [0.717, 1.165) is 62.6 Å². The zero-order valence-electron chi connectivity index (χ0n) is 27.8. The molecule has 0 radical (unpaired) electrons. The molecule has 3 aromatic rings. The number of halogens is 1. The lowest BCUT2D eigenvalue weighted by Gasteiger charge is -2.41. The monoisotopic (exact) mass is 727 g/mol. The standard InChI is InChI=1S/C35H40FN7O3.3H2S/c1-23-7-4-8-25-9-5-10-31(32(23)25)41-13-11-29-30(21-41)38-35(45-16-6-12-40-20-28-17-26(40)22-46-28)39-33(29)42-14-15-43(34(44)24(2)36)27(19-42)18-37-3;;;/h4-5,7-10,26-28H,2,6,11-22H2,1H3;3*1H2/t26-,27-,28-;;;/m0.../s1. The Morgan fingerprint density at radius 2 is 1.90 bits per heavy atom. The SMILES string of the molecule is S.S.S.[C-]#[N+]C[C@H]1CN(c2nc(OCCCN3C[C@@H]4C[C@H]3CO4)nc3c2CCN(c2cccc4cccc(C)c24)C3)CCN1C(=O)C(=C)F. The molecular formula is C35H46FN7O3S3. The van der Waals surface area contributed by atoms with Crippen molar-refractivity contribution in [1.29, 1.82) is 0 Å². The molecule has 264 valence electrons.